The first-order chi connectivity index (χ1) is 8.33. The van der Waals surface area contributed by atoms with Crippen LogP contribution >= 0.6 is 11.3 Å². The fourth-order valence-corrected chi connectivity index (χ4v) is 2.47. The normalized spacial score (nSPS) is 17.6. The van der Waals surface area contributed by atoms with Crippen LogP contribution in [-0.4, -0.2) is 6.61 Å². The van der Waals surface area contributed by atoms with E-state index in [1.54, 1.807) is 11.3 Å². The Morgan fingerprint density at radius 3 is 3.18 bits per heavy atom. The molecule has 1 unspecified atom stereocenters. The fraction of sp³-hybridized carbons (Fsp3) is 0.231. The first-order valence-electron chi connectivity index (χ1n) is 5.50. The predicted molar refractivity (Wildman–Crippen MR) is 67.5 cm³/mol. The predicted octanol–water partition coefficient (Wildman–Crippen LogP) is 2.72. The van der Waals surface area contributed by atoms with Crippen LogP contribution in [0.15, 0.2) is 35.7 Å². The zero-order valence-electron chi connectivity index (χ0n) is 9.26. The minimum Gasteiger partial charge on any atom is -0.491 e. The van der Waals surface area contributed by atoms with Gasteiger partial charge < -0.3 is 15.2 Å². The van der Waals surface area contributed by atoms with Crippen LogP contribution in [0, 0.1) is 0 Å². The highest BCUT2D eigenvalue weighted by atomic mass is 32.1. The van der Waals surface area contributed by atoms with Crippen molar-refractivity contribution < 1.29 is 9.47 Å². The topological polar surface area (TPSA) is 44.5 Å². The van der Waals surface area contributed by atoms with E-state index in [0.717, 1.165) is 17.1 Å². The fourth-order valence-electron chi connectivity index (χ4n) is 1.85. The molecule has 2 heterocycles. The number of hydrogen-bond acceptors (Lipinski definition) is 4. The summed E-state index contributed by atoms with van der Waals surface area (Å²) in [5.74, 6) is 1.67. The van der Waals surface area contributed by atoms with Crippen molar-refractivity contribution in [2.45, 2.75) is 12.6 Å². The van der Waals surface area contributed by atoms with Crippen LogP contribution in [0.25, 0.3) is 0 Å². The number of rotatable bonds is 3. The maximum atomic E-state index is 5.88. The summed E-state index contributed by atoms with van der Waals surface area (Å²) in [6.45, 7) is 1.16. The highest BCUT2D eigenvalue weighted by Gasteiger charge is 2.20. The van der Waals surface area contributed by atoms with Gasteiger partial charge in [0.05, 0.1) is 6.04 Å². The molecule has 17 heavy (non-hydrogen) atoms. The van der Waals surface area contributed by atoms with E-state index in [4.69, 9.17) is 15.2 Å². The summed E-state index contributed by atoms with van der Waals surface area (Å²) in [5, 5.41) is 2.05. The lowest BCUT2D eigenvalue weighted by Crippen LogP contribution is -2.10. The maximum absolute atomic E-state index is 5.88. The molecule has 2 N–H and O–H groups in total. The third-order valence-electron chi connectivity index (χ3n) is 2.76. The largest absolute Gasteiger partial charge is 0.491 e. The van der Waals surface area contributed by atoms with Gasteiger partial charge in [-0.1, -0.05) is 6.07 Å². The molecule has 0 amide bonds. The molecule has 3 nitrogen and oxygen atoms in total. The smallest absolute Gasteiger partial charge is 0.127 e. The Hall–Kier alpha value is -1.52. The summed E-state index contributed by atoms with van der Waals surface area (Å²) in [7, 11) is 0. The van der Waals surface area contributed by atoms with Gasteiger partial charge >= 0.3 is 0 Å². The zero-order chi connectivity index (χ0) is 11.7. The molecule has 0 radical (unpaired) electrons. The lowest BCUT2D eigenvalue weighted by atomic mass is 10.1. The Morgan fingerprint density at radius 2 is 2.35 bits per heavy atom. The molecule has 1 aromatic carbocycles. The molecule has 0 spiro atoms. The lowest BCUT2D eigenvalue weighted by molar-refractivity contribution is 0.304. The standard InChI is InChI=1S/C13H13NO2S/c14-12-8-16-13-6-9(3-4-11(12)13)15-7-10-2-1-5-17-10/h1-6,12H,7-8,14H2. The van der Waals surface area contributed by atoms with Crippen LogP contribution < -0.4 is 15.2 Å². The van der Waals surface area contributed by atoms with Gasteiger partial charge in [-0.3, -0.25) is 0 Å². The summed E-state index contributed by atoms with van der Waals surface area (Å²) >= 11 is 1.69. The Balaban J connectivity index is 1.72. The quantitative estimate of drug-likeness (QED) is 0.907. The highest BCUT2D eigenvalue weighted by molar-refractivity contribution is 7.09. The van der Waals surface area contributed by atoms with Gasteiger partial charge in [0.1, 0.15) is 24.7 Å². The van der Waals surface area contributed by atoms with Crippen molar-refractivity contribution in [2.75, 3.05) is 6.61 Å². The molecule has 1 aliphatic rings. The molecule has 88 valence electrons. The maximum Gasteiger partial charge on any atom is 0.127 e. The van der Waals surface area contributed by atoms with E-state index in [1.807, 2.05) is 29.6 Å². The van der Waals surface area contributed by atoms with Crippen LogP contribution in [-0.2, 0) is 6.61 Å². The van der Waals surface area contributed by atoms with E-state index in [1.165, 1.54) is 4.88 Å². The van der Waals surface area contributed by atoms with Gasteiger partial charge in [-0.15, -0.1) is 11.3 Å². The van der Waals surface area contributed by atoms with Crippen LogP contribution in [0.4, 0.5) is 0 Å². The lowest BCUT2D eigenvalue weighted by Gasteiger charge is -2.06. The number of nitrogens with two attached hydrogens (primary N) is 1. The Kier molecular flexibility index (Phi) is 2.74. The summed E-state index contributed by atoms with van der Waals surface area (Å²) in [6, 6.07) is 9.92. The molecule has 4 heteroatoms. The second-order valence-electron chi connectivity index (χ2n) is 3.99. The third kappa shape index (κ3) is 2.14. The zero-order valence-corrected chi connectivity index (χ0v) is 10.1. The van der Waals surface area contributed by atoms with Crippen molar-refractivity contribution >= 4 is 11.3 Å². The first kappa shape index (κ1) is 10.6. The molecule has 1 aromatic heterocycles. The van der Waals surface area contributed by atoms with Gasteiger partial charge in [-0.25, -0.2) is 0 Å². The number of benzene rings is 1. The van der Waals surface area contributed by atoms with Gasteiger partial charge in [-0.05, 0) is 23.6 Å². The van der Waals surface area contributed by atoms with Crippen molar-refractivity contribution in [2.24, 2.45) is 5.73 Å². The monoisotopic (exact) mass is 247 g/mol. The molecule has 0 fully saturated rings. The van der Waals surface area contributed by atoms with Crippen molar-refractivity contribution in [3.8, 4) is 11.5 Å². The molecule has 0 saturated heterocycles. The SMILES string of the molecule is NC1COc2cc(OCc3cccs3)ccc21. The van der Waals surface area contributed by atoms with Gasteiger partial charge in [0.2, 0.25) is 0 Å². The van der Waals surface area contributed by atoms with Gasteiger partial charge in [0, 0.05) is 16.5 Å². The number of fused-ring (bicyclic) bond motifs is 1. The van der Waals surface area contributed by atoms with Crippen LogP contribution in [0.5, 0.6) is 11.5 Å². The van der Waals surface area contributed by atoms with Crippen LogP contribution in [0.3, 0.4) is 0 Å². The van der Waals surface area contributed by atoms with Gasteiger partial charge in [0.15, 0.2) is 0 Å². The van der Waals surface area contributed by atoms with E-state index >= 15 is 0 Å². The average molecular weight is 247 g/mol. The third-order valence-corrected chi connectivity index (χ3v) is 3.61. The Bertz CT molecular complexity index is 510. The van der Waals surface area contributed by atoms with Gasteiger partial charge in [-0.2, -0.15) is 0 Å². The molecule has 0 aliphatic carbocycles. The number of hydrogen-bond donors (Lipinski definition) is 1. The van der Waals surface area contributed by atoms with Crippen molar-refractivity contribution in [3.63, 3.8) is 0 Å². The Morgan fingerprint density at radius 1 is 1.41 bits per heavy atom. The summed E-state index contributed by atoms with van der Waals surface area (Å²) in [6.07, 6.45) is 0. The van der Waals surface area contributed by atoms with Crippen molar-refractivity contribution in [1.82, 2.24) is 0 Å². The second kappa shape index (κ2) is 4.39. The van der Waals surface area contributed by atoms with E-state index < -0.39 is 0 Å². The molecule has 0 bridgehead atoms. The minimum absolute atomic E-state index is 0.00338. The molecular weight excluding hydrogens is 234 g/mol. The molecule has 3 rings (SSSR count). The van der Waals surface area contributed by atoms with E-state index in [2.05, 4.69) is 6.07 Å². The average Bonchev–Trinajstić information content (AvgIpc) is 2.97. The highest BCUT2D eigenvalue weighted by Crippen LogP contribution is 2.34. The Labute approximate surface area is 104 Å². The van der Waals surface area contributed by atoms with E-state index in [0.29, 0.717) is 13.2 Å². The van der Waals surface area contributed by atoms with Crippen LogP contribution in [0.1, 0.15) is 16.5 Å². The van der Waals surface area contributed by atoms with Crippen molar-refractivity contribution in [1.29, 1.82) is 0 Å². The summed E-state index contributed by atoms with van der Waals surface area (Å²) in [4.78, 5) is 1.21. The minimum atomic E-state index is -0.00338. The first-order valence-corrected chi connectivity index (χ1v) is 6.38. The van der Waals surface area contributed by atoms with E-state index in [-0.39, 0.29) is 6.04 Å². The molecular formula is C13H13NO2S. The van der Waals surface area contributed by atoms with E-state index in [9.17, 15) is 0 Å². The summed E-state index contributed by atoms with van der Waals surface area (Å²) in [5.41, 5.74) is 6.95. The molecule has 0 saturated carbocycles. The molecule has 1 aliphatic heterocycles. The molecule has 1 atom stereocenters. The second-order valence-corrected chi connectivity index (χ2v) is 5.02. The van der Waals surface area contributed by atoms with Gasteiger partial charge in [0.25, 0.3) is 0 Å². The number of ether oxygens (including phenoxy) is 2. The summed E-state index contributed by atoms with van der Waals surface area (Å²) < 4.78 is 11.2. The molecule has 2 aromatic rings. The van der Waals surface area contributed by atoms with Crippen molar-refractivity contribution in [3.05, 3.63) is 46.2 Å². The number of thiophene rings is 1. The van der Waals surface area contributed by atoms with Crippen LogP contribution in [0.2, 0.25) is 0 Å².